The molecule has 13 heteroatoms. The minimum Gasteiger partial charge on any atom is -0.870 e. The maximum absolute atomic E-state index is 7.00. The van der Waals surface area contributed by atoms with Gasteiger partial charge in [-0.1, -0.05) is 12.1 Å². The Morgan fingerprint density at radius 3 is 1.00 bits per heavy atom. The molecule has 4 N–H and O–H groups in total. The van der Waals surface area contributed by atoms with Gasteiger partial charge in [0.2, 0.25) is 0 Å². The molecule has 0 radical (unpaired) electrons. The minimum absolute atomic E-state index is 0. The second-order valence-corrected chi connectivity index (χ2v) is 3.24. The van der Waals surface area contributed by atoms with Crippen molar-refractivity contribution in [1.29, 1.82) is 0 Å². The van der Waals surface area contributed by atoms with E-state index in [0.717, 1.165) is 14.2 Å². The summed E-state index contributed by atoms with van der Waals surface area (Å²) in [6.07, 6.45) is 7.21. The third kappa shape index (κ3) is 59.6. The molecule has 2 rings (SSSR count). The Morgan fingerprint density at radius 1 is 0.704 bits per heavy atom. The number of aliphatic hydroxyl groups excluding tert-OH is 2. The van der Waals surface area contributed by atoms with Gasteiger partial charge in [-0.05, 0) is 37.1 Å². The Morgan fingerprint density at radius 2 is 0.926 bits per heavy atom. The van der Waals surface area contributed by atoms with Crippen molar-refractivity contribution in [2.45, 2.75) is 13.8 Å². The van der Waals surface area contributed by atoms with E-state index >= 15 is 0 Å². The second-order valence-electron chi connectivity index (χ2n) is 3.24. The molecular formula is C14H24N8O4Pt. The Hall–Kier alpha value is -2.55. The van der Waals surface area contributed by atoms with Crippen molar-refractivity contribution in [2.75, 3.05) is 14.2 Å². The Kier molecular flexibility index (Phi) is 81.0. The topological polar surface area (TPSA) is 244 Å². The average Bonchev–Trinajstić information content (AvgIpc) is 2.62. The van der Waals surface area contributed by atoms with Crippen LogP contribution in [0.2, 0.25) is 0 Å². The quantitative estimate of drug-likeness (QED) is 0.276. The second kappa shape index (κ2) is 49.5. The van der Waals surface area contributed by atoms with Crippen LogP contribution in [0.5, 0.6) is 0 Å². The predicted molar refractivity (Wildman–Crippen MR) is 98.3 cm³/mol. The van der Waals surface area contributed by atoms with Crippen molar-refractivity contribution >= 4 is 0 Å². The van der Waals surface area contributed by atoms with E-state index in [1.54, 1.807) is 12.4 Å². The van der Waals surface area contributed by atoms with Crippen LogP contribution in [0.1, 0.15) is 11.1 Å². The number of nitrogens with zero attached hydrogens (tertiary/aromatic N) is 8. The molecule has 0 amide bonds. The SMILES string of the molecule is CO.CO.Cc1cccnc1.Cc1cccnc1.[N-]=[N+]=[N-].[N-]=[N+]=[N-].[OH-].[OH-].[Pt+4]. The Balaban J connectivity index is -0.0000000379. The number of hydrogen-bond acceptors (Lipinski definition) is 6. The molecule has 27 heavy (non-hydrogen) atoms. The Bertz CT molecular complexity index is 474. The monoisotopic (exact) mass is 563 g/mol. The van der Waals surface area contributed by atoms with Crippen LogP contribution in [0, 0.1) is 13.8 Å². The number of aliphatic hydroxyl groups is 2. The van der Waals surface area contributed by atoms with Crippen molar-refractivity contribution < 1.29 is 42.2 Å². The van der Waals surface area contributed by atoms with E-state index in [1.165, 1.54) is 21.0 Å². The standard InChI is InChI=1S/2C6H7N.2CH4O.2N3.2H2O.Pt/c2*1-6-3-2-4-7-5-6;2*1-2;2*1-3-2;;;/h2*2-5H,1H3;2*2H,1H3;;;2*1H2;/q;;;;2*-1;;;+4/p-2. The van der Waals surface area contributed by atoms with Gasteiger partial charge in [-0.15, -0.1) is 0 Å². The van der Waals surface area contributed by atoms with Crippen LogP contribution in [-0.2, 0) is 21.1 Å². The fourth-order valence-corrected chi connectivity index (χ4v) is 0.896. The van der Waals surface area contributed by atoms with Gasteiger partial charge in [0.05, 0.1) is 0 Å². The zero-order valence-corrected chi connectivity index (χ0v) is 17.6. The smallest absolute Gasteiger partial charge is 0.870 e. The van der Waals surface area contributed by atoms with E-state index in [1.807, 2.05) is 50.5 Å². The van der Waals surface area contributed by atoms with E-state index in [0.29, 0.717) is 0 Å². The van der Waals surface area contributed by atoms with Crippen molar-refractivity contribution in [3.8, 4) is 0 Å². The van der Waals surface area contributed by atoms with Gasteiger partial charge >= 0.3 is 21.1 Å². The predicted octanol–water partition coefficient (Wildman–Crippen LogP) is 3.37. The van der Waals surface area contributed by atoms with E-state index in [2.05, 4.69) is 9.97 Å². The fraction of sp³-hybridized carbons (Fsp3) is 0.286. The number of hydrogen-bond donors (Lipinski definition) is 2. The van der Waals surface area contributed by atoms with Gasteiger partial charge < -0.3 is 43.3 Å². The van der Waals surface area contributed by atoms with Crippen molar-refractivity contribution in [1.82, 2.24) is 9.97 Å². The maximum atomic E-state index is 7.00. The summed E-state index contributed by atoms with van der Waals surface area (Å²) in [6, 6.07) is 7.89. The molecule has 2 heterocycles. The molecule has 2 aromatic rings. The largest absolute Gasteiger partial charge is 4.00 e. The molecule has 0 atom stereocenters. The molecule has 0 aliphatic rings. The summed E-state index contributed by atoms with van der Waals surface area (Å²) in [4.78, 5) is 10.8. The fourth-order valence-electron chi connectivity index (χ4n) is 0.896. The summed E-state index contributed by atoms with van der Waals surface area (Å²) in [6.45, 7) is 4.04. The number of rotatable bonds is 0. The molecule has 0 aromatic carbocycles. The number of aryl methyl sites for hydroxylation is 2. The molecular weight excluding hydrogens is 539 g/mol. The zero-order valence-electron chi connectivity index (χ0n) is 15.3. The molecule has 2 aromatic heterocycles. The van der Waals surface area contributed by atoms with Gasteiger partial charge in [0.25, 0.3) is 0 Å². The van der Waals surface area contributed by atoms with E-state index in [9.17, 15) is 0 Å². The van der Waals surface area contributed by atoms with Crippen molar-refractivity contribution in [2.24, 2.45) is 0 Å². The first kappa shape index (κ1) is 44.2. The average molecular weight is 563 g/mol. The first-order valence-corrected chi connectivity index (χ1v) is 6.22. The summed E-state index contributed by atoms with van der Waals surface area (Å²) in [5.74, 6) is 0. The third-order valence-corrected chi connectivity index (χ3v) is 1.62. The van der Waals surface area contributed by atoms with Crippen LogP contribution in [0.3, 0.4) is 0 Å². The van der Waals surface area contributed by atoms with Gasteiger partial charge in [-0.2, -0.15) is 0 Å². The van der Waals surface area contributed by atoms with Gasteiger partial charge in [0.1, 0.15) is 0 Å². The first-order valence-electron chi connectivity index (χ1n) is 6.22. The van der Waals surface area contributed by atoms with Gasteiger partial charge in [-0.25, -0.2) is 0 Å². The summed E-state index contributed by atoms with van der Waals surface area (Å²) in [5, 5.41) is 14.0. The normalized spacial score (nSPS) is 5.56. The molecule has 0 fully saturated rings. The van der Waals surface area contributed by atoms with E-state index < -0.39 is 0 Å². The molecule has 0 aliphatic carbocycles. The van der Waals surface area contributed by atoms with Crippen LogP contribution in [0.25, 0.3) is 31.9 Å². The van der Waals surface area contributed by atoms with Crippen LogP contribution >= 0.6 is 0 Å². The summed E-state index contributed by atoms with van der Waals surface area (Å²) in [5.41, 5.74) is 29.4. The van der Waals surface area contributed by atoms with Gasteiger partial charge in [-0.3, -0.25) is 19.8 Å². The number of aromatic nitrogens is 2. The van der Waals surface area contributed by atoms with Crippen LogP contribution < -0.4 is 0 Å². The molecule has 0 bridgehead atoms. The summed E-state index contributed by atoms with van der Waals surface area (Å²) < 4.78 is 0. The van der Waals surface area contributed by atoms with Crippen LogP contribution in [-0.4, -0.2) is 45.4 Å². The maximum Gasteiger partial charge on any atom is 4.00 e. The zero-order chi connectivity index (χ0) is 19.6. The molecule has 0 spiro atoms. The Labute approximate surface area is 172 Å². The molecule has 154 valence electrons. The van der Waals surface area contributed by atoms with Crippen molar-refractivity contribution in [3.05, 3.63) is 92.1 Å². The van der Waals surface area contributed by atoms with Crippen LogP contribution in [0.4, 0.5) is 0 Å². The minimum atomic E-state index is 0. The van der Waals surface area contributed by atoms with Crippen LogP contribution in [0.15, 0.2) is 49.1 Å². The molecule has 0 unspecified atom stereocenters. The first-order chi connectivity index (χ1) is 11.6. The van der Waals surface area contributed by atoms with Gasteiger partial charge in [0, 0.05) is 39.0 Å². The van der Waals surface area contributed by atoms with E-state index in [-0.39, 0.29) is 32.0 Å². The third-order valence-electron chi connectivity index (χ3n) is 1.62. The van der Waals surface area contributed by atoms with Gasteiger partial charge in [0.15, 0.2) is 0 Å². The number of pyridine rings is 2. The molecule has 12 nitrogen and oxygen atoms in total. The molecule has 0 aliphatic heterocycles. The van der Waals surface area contributed by atoms with Crippen molar-refractivity contribution in [3.63, 3.8) is 0 Å². The molecule has 0 saturated heterocycles. The van der Waals surface area contributed by atoms with E-state index in [4.69, 9.17) is 32.3 Å². The summed E-state index contributed by atoms with van der Waals surface area (Å²) in [7, 11) is 2.00. The summed E-state index contributed by atoms with van der Waals surface area (Å²) >= 11 is 0. The molecule has 0 saturated carbocycles.